The molecule has 6 nitrogen and oxygen atoms in total. The molecule has 0 aliphatic carbocycles. The molecule has 0 atom stereocenters. The van der Waals surface area contributed by atoms with Crippen LogP contribution in [0.5, 0.6) is 11.5 Å². The summed E-state index contributed by atoms with van der Waals surface area (Å²) in [6.07, 6.45) is 92.6. The van der Waals surface area contributed by atoms with Crippen molar-refractivity contribution in [2.24, 2.45) is 0 Å². The van der Waals surface area contributed by atoms with E-state index in [2.05, 4.69) is 90.1 Å². The number of hydrogen-bond donors (Lipinski definition) is 0. The SMILES string of the molecule is CCCCCCCCCCCCCCCCCCC1(CCCCCCCCCCCCCCCCCC)Oc2cc(C)sc2-c2sc(-c3ccc(-c4cc5c(s4)-c4sc(-c6ccc(C)c7nsnc67)cc4OC5(CCCCCCCCCCCCCCCCCC)CCCCCCCCCCCCCCCCCC)c4nsnc34)cc21. The minimum atomic E-state index is -0.423. The van der Waals surface area contributed by atoms with E-state index in [0.717, 1.165) is 64.8 Å². The fourth-order valence-electron chi connectivity index (χ4n) is 19.3. The largest absolute Gasteiger partial charge is 0.481 e. The van der Waals surface area contributed by atoms with Crippen molar-refractivity contribution in [1.82, 2.24) is 17.5 Å². The average molecular weight is 1690 g/mol. The number of nitrogens with zero attached hydrogens (tertiary/aromatic N) is 4. The van der Waals surface area contributed by atoms with Crippen LogP contribution in [0.3, 0.4) is 0 Å². The summed E-state index contributed by atoms with van der Waals surface area (Å²) in [4.78, 5) is 10.6. The van der Waals surface area contributed by atoms with Crippen molar-refractivity contribution < 1.29 is 9.47 Å². The fraction of sp³-hybridized carbons (Fsp3) is 0.731. The lowest BCUT2D eigenvalue weighted by Gasteiger charge is -2.38. The van der Waals surface area contributed by atoms with Gasteiger partial charge in [0.2, 0.25) is 0 Å². The molecule has 2 aromatic carbocycles. The lowest BCUT2D eigenvalue weighted by atomic mass is 9.81. The Balaban J connectivity index is 0.867. The predicted octanol–water partition coefficient (Wildman–Crippen LogP) is 38.7. The molecule has 0 saturated carbocycles. The highest BCUT2D eigenvalue weighted by molar-refractivity contribution is 7.26. The lowest BCUT2D eigenvalue weighted by Crippen LogP contribution is -2.35. The zero-order valence-electron chi connectivity index (χ0n) is 74.8. The Bertz CT molecular complexity index is 3820. The van der Waals surface area contributed by atoms with Crippen molar-refractivity contribution in [1.29, 1.82) is 0 Å². The van der Waals surface area contributed by atoms with Gasteiger partial charge in [0.1, 0.15) is 44.8 Å². The van der Waals surface area contributed by atoms with Gasteiger partial charge in [-0.05, 0) is 95.0 Å². The van der Waals surface area contributed by atoms with Crippen molar-refractivity contribution in [2.75, 3.05) is 0 Å². The van der Waals surface area contributed by atoms with Gasteiger partial charge in [0.25, 0.3) is 0 Å². The molecule has 0 fully saturated rings. The highest BCUT2D eigenvalue weighted by atomic mass is 32.1. The zero-order valence-corrected chi connectivity index (χ0v) is 79.7. The number of ether oxygens (including phenoxy) is 2. The van der Waals surface area contributed by atoms with Crippen LogP contribution >= 0.6 is 68.8 Å². The maximum absolute atomic E-state index is 7.90. The van der Waals surface area contributed by atoms with Crippen molar-refractivity contribution in [3.63, 3.8) is 0 Å². The van der Waals surface area contributed by atoms with Crippen molar-refractivity contribution in [3.8, 4) is 62.3 Å². The lowest BCUT2D eigenvalue weighted by molar-refractivity contribution is 0.0395. The summed E-state index contributed by atoms with van der Waals surface area (Å²) in [5, 5.41) is 0. The Morgan fingerprint density at radius 3 is 0.759 bits per heavy atom. The summed E-state index contributed by atoms with van der Waals surface area (Å²) in [6, 6.07) is 19.3. The van der Waals surface area contributed by atoms with Gasteiger partial charge in [-0.3, -0.25) is 0 Å². The van der Waals surface area contributed by atoms with Crippen molar-refractivity contribution in [3.05, 3.63) is 70.1 Å². The average Bonchev–Trinajstić information content (AvgIpc) is 1.57. The van der Waals surface area contributed by atoms with E-state index in [4.69, 9.17) is 27.0 Å². The second-order valence-corrected chi connectivity index (χ2v) is 42.0. The van der Waals surface area contributed by atoms with Crippen LogP contribution in [0.4, 0.5) is 0 Å². The van der Waals surface area contributed by atoms with Crippen molar-refractivity contribution in [2.45, 2.75) is 489 Å². The molecule has 116 heavy (non-hydrogen) atoms. The van der Waals surface area contributed by atoms with Crippen LogP contribution in [0.2, 0.25) is 0 Å². The number of benzene rings is 2. The molecule has 12 heteroatoms. The van der Waals surface area contributed by atoms with Gasteiger partial charge >= 0.3 is 0 Å². The molecule has 0 radical (unpaired) electrons. The Labute approximate surface area is 733 Å². The summed E-state index contributed by atoms with van der Waals surface area (Å²) in [7, 11) is 0. The van der Waals surface area contributed by atoms with Crippen LogP contribution in [0.1, 0.15) is 486 Å². The third-order valence-electron chi connectivity index (χ3n) is 26.6. The number of fused-ring (bicyclic) bond motifs is 8. The molecule has 8 heterocycles. The van der Waals surface area contributed by atoms with Gasteiger partial charge in [-0.2, -0.15) is 17.5 Å². The summed E-state index contributed by atoms with van der Waals surface area (Å²) in [5.41, 5.74) is 10.9. The van der Waals surface area contributed by atoms with E-state index in [0.29, 0.717) is 0 Å². The maximum Gasteiger partial charge on any atom is 0.140 e. The van der Waals surface area contributed by atoms with Crippen LogP contribution in [0, 0.1) is 13.8 Å². The summed E-state index contributed by atoms with van der Waals surface area (Å²) in [6.45, 7) is 13.8. The first-order chi connectivity index (χ1) is 57.3. The van der Waals surface area contributed by atoms with E-state index >= 15 is 0 Å². The molecule has 0 saturated heterocycles. The smallest absolute Gasteiger partial charge is 0.140 e. The topological polar surface area (TPSA) is 70.0 Å². The van der Waals surface area contributed by atoms with Gasteiger partial charge in [-0.25, -0.2) is 0 Å². The quantitative estimate of drug-likeness (QED) is 0.0354. The van der Waals surface area contributed by atoms with Crippen LogP contribution in [0.15, 0.2) is 48.5 Å². The monoisotopic (exact) mass is 1690 g/mol. The minimum Gasteiger partial charge on any atom is -0.481 e. The number of aryl methyl sites for hydroxylation is 2. The first kappa shape index (κ1) is 94.7. The van der Waals surface area contributed by atoms with Gasteiger partial charge < -0.3 is 9.47 Å². The van der Waals surface area contributed by atoms with E-state index in [1.54, 1.807) is 0 Å². The Morgan fingerprint density at radius 1 is 0.241 bits per heavy atom. The van der Waals surface area contributed by atoms with Gasteiger partial charge in [0.15, 0.2) is 0 Å². The van der Waals surface area contributed by atoms with Crippen LogP contribution in [-0.4, -0.2) is 17.5 Å². The summed E-state index contributed by atoms with van der Waals surface area (Å²) in [5.74, 6) is 2.18. The minimum absolute atomic E-state index is 0.345. The highest BCUT2D eigenvalue weighted by Crippen LogP contribution is 2.61. The van der Waals surface area contributed by atoms with Gasteiger partial charge in [-0.15, -0.1) is 45.3 Å². The second kappa shape index (κ2) is 55.6. The van der Waals surface area contributed by atoms with Crippen LogP contribution < -0.4 is 9.47 Å². The Kier molecular flexibility index (Phi) is 45.4. The third kappa shape index (κ3) is 30.5. The molecule has 8 aromatic rings. The second-order valence-electron chi connectivity index (χ2n) is 36.5. The highest BCUT2D eigenvalue weighted by Gasteiger charge is 2.45. The number of rotatable bonds is 71. The molecule has 2 aliphatic rings. The van der Waals surface area contributed by atoms with E-state index in [1.807, 2.05) is 45.3 Å². The summed E-state index contributed by atoms with van der Waals surface area (Å²) < 4.78 is 36.0. The van der Waals surface area contributed by atoms with Crippen molar-refractivity contribution >= 4 is 90.9 Å². The van der Waals surface area contributed by atoms with Gasteiger partial charge in [0.05, 0.1) is 43.0 Å². The van der Waals surface area contributed by atoms with Gasteiger partial charge in [0, 0.05) is 47.3 Å². The van der Waals surface area contributed by atoms with Crippen LogP contribution in [-0.2, 0) is 11.2 Å². The molecule has 646 valence electrons. The van der Waals surface area contributed by atoms with E-state index in [9.17, 15) is 0 Å². The zero-order chi connectivity index (χ0) is 80.8. The molecule has 0 unspecified atom stereocenters. The number of hydrogen-bond acceptors (Lipinski definition) is 12. The third-order valence-corrected chi connectivity index (χ3v) is 32.5. The molecule has 0 spiro atoms. The first-order valence-electron chi connectivity index (χ1n) is 49.7. The number of thiophene rings is 4. The maximum atomic E-state index is 7.90. The van der Waals surface area contributed by atoms with E-state index in [-0.39, 0.29) is 5.60 Å². The van der Waals surface area contributed by atoms with Crippen LogP contribution in [0.25, 0.3) is 72.9 Å². The Morgan fingerprint density at radius 2 is 0.466 bits per heavy atom. The predicted molar refractivity (Wildman–Crippen MR) is 518 cm³/mol. The first-order valence-corrected chi connectivity index (χ1v) is 54.4. The molecule has 6 aromatic heterocycles. The van der Waals surface area contributed by atoms with E-state index < -0.39 is 5.60 Å². The molecule has 0 amide bonds. The molecular formula is C104H162N4O2S6. The van der Waals surface area contributed by atoms with Gasteiger partial charge in [-0.1, -0.05) is 437 Å². The molecule has 0 bridgehead atoms. The molecule has 10 rings (SSSR count). The summed E-state index contributed by atoms with van der Waals surface area (Å²) >= 11 is 10.5. The molecule has 0 N–H and O–H groups in total. The fourth-order valence-corrected chi connectivity index (χ4v) is 25.4. The number of aromatic nitrogens is 4. The van der Waals surface area contributed by atoms with E-state index in [1.165, 1.54) is 501 Å². The molecule has 2 aliphatic heterocycles. The number of unbranched alkanes of at least 4 members (excludes halogenated alkanes) is 60. The Hall–Kier alpha value is -3.52. The molecular weight excluding hydrogens is 1530 g/mol. The standard InChI is InChI=1S/C104H162N4O2S6/c1-7-11-15-19-23-27-31-35-39-43-47-51-55-59-63-67-75-103(76-68-64-60-56-52-48-44-40-36-32-28-24-20-16-12-8-2)88-80-92(112-99(88)101-90(109-103)79-84(6)111-101)86-73-74-87(98-97(86)107-116-108-98)93-81-89-100(113-93)102-91(82-94(114-102)85-72-71-83(5)95-96(85)106-115-105-95)110-104(89,77-69-65-61-57-53-49-45-41-37-33-29-25-21-17-13-9-3)78-70-66-62-58-54-50-46-42-38-34-30-26-22-18-14-10-4/h71-74,79-82H,7-70,75-78H2,1-6H3. The normalized spacial score (nSPS) is 13.5.